The van der Waals surface area contributed by atoms with Gasteiger partial charge in [-0.1, -0.05) is 0 Å². The lowest BCUT2D eigenvalue weighted by Crippen LogP contribution is -2.56. The summed E-state index contributed by atoms with van der Waals surface area (Å²) in [5.41, 5.74) is 0. The van der Waals surface area contributed by atoms with Crippen molar-refractivity contribution in [3.63, 3.8) is 0 Å². The highest BCUT2D eigenvalue weighted by Gasteiger charge is 2.39. The first-order valence-electron chi connectivity index (χ1n) is 3.87. The molecule has 0 radical (unpaired) electrons. The topological polar surface area (TPSA) is 12.5 Å². The number of likely N-dealkylation sites (tertiary alicyclic amines) is 1. The summed E-state index contributed by atoms with van der Waals surface area (Å²) in [7, 11) is 0. The Bertz CT molecular complexity index is 151. The van der Waals surface area contributed by atoms with Crippen LogP contribution in [0, 0.1) is 0 Å². The second-order valence-corrected chi connectivity index (χ2v) is 3.23. The molecule has 1 aliphatic heterocycles. The predicted octanol–water partition coefficient (Wildman–Crippen LogP) is 1.62. The summed E-state index contributed by atoms with van der Waals surface area (Å²) >= 11 is 0. The molecule has 0 unspecified atom stereocenters. The van der Waals surface area contributed by atoms with Gasteiger partial charge in [0, 0.05) is 19.1 Å². The monoisotopic (exact) mass is 183 g/mol. The van der Waals surface area contributed by atoms with Crippen molar-refractivity contribution in [2.45, 2.75) is 32.4 Å². The summed E-state index contributed by atoms with van der Waals surface area (Å²) in [6, 6.07) is 0.304. The second-order valence-electron chi connectivity index (χ2n) is 3.23. The van der Waals surface area contributed by atoms with Gasteiger partial charge in [-0.15, -0.1) is 13.2 Å². The number of hydrogen-bond acceptors (Lipinski definition) is 2. The van der Waals surface area contributed by atoms with Crippen LogP contribution in [-0.2, 0) is 4.74 Å². The lowest BCUT2D eigenvalue weighted by Gasteiger charge is -2.41. The van der Waals surface area contributed by atoms with Gasteiger partial charge in [-0.25, -0.2) is 0 Å². The molecule has 2 nitrogen and oxygen atoms in total. The van der Waals surface area contributed by atoms with Gasteiger partial charge < -0.3 is 0 Å². The van der Waals surface area contributed by atoms with E-state index in [0.717, 1.165) is 0 Å². The van der Waals surface area contributed by atoms with Crippen molar-refractivity contribution < 1.29 is 17.9 Å². The van der Waals surface area contributed by atoms with Gasteiger partial charge in [-0.05, 0) is 13.8 Å². The summed E-state index contributed by atoms with van der Waals surface area (Å²) in [6.45, 7) is 4.67. The molecule has 0 aliphatic carbocycles. The lowest BCUT2D eigenvalue weighted by atomic mass is 10.1. The Balaban J connectivity index is 2.18. The fraction of sp³-hybridized carbons (Fsp3) is 1.00. The maximum atomic E-state index is 11.6. The third-order valence-corrected chi connectivity index (χ3v) is 1.91. The lowest BCUT2D eigenvalue weighted by molar-refractivity contribution is -0.355. The Morgan fingerprint density at radius 2 is 1.83 bits per heavy atom. The van der Waals surface area contributed by atoms with E-state index in [0.29, 0.717) is 19.1 Å². The molecular weight excluding hydrogens is 171 g/mol. The standard InChI is InChI=1S/C7H12F3NO/c1-5(2)11-3-6(4-11)12-7(8,9)10/h5-6H,3-4H2,1-2H3. The third-order valence-electron chi connectivity index (χ3n) is 1.91. The minimum Gasteiger partial charge on any atom is -0.296 e. The van der Waals surface area contributed by atoms with Crippen LogP contribution in [0.25, 0.3) is 0 Å². The predicted molar refractivity (Wildman–Crippen MR) is 37.6 cm³/mol. The van der Waals surface area contributed by atoms with E-state index in [4.69, 9.17) is 0 Å². The molecule has 1 heterocycles. The van der Waals surface area contributed by atoms with Gasteiger partial charge >= 0.3 is 6.36 Å². The van der Waals surface area contributed by atoms with E-state index in [2.05, 4.69) is 4.74 Å². The van der Waals surface area contributed by atoms with Crippen LogP contribution in [0.1, 0.15) is 13.8 Å². The number of nitrogens with zero attached hydrogens (tertiary/aromatic N) is 1. The van der Waals surface area contributed by atoms with Crippen LogP contribution in [0.3, 0.4) is 0 Å². The van der Waals surface area contributed by atoms with Crippen molar-refractivity contribution >= 4 is 0 Å². The Morgan fingerprint density at radius 3 is 2.17 bits per heavy atom. The highest BCUT2D eigenvalue weighted by Crippen LogP contribution is 2.24. The molecular formula is C7H12F3NO. The van der Waals surface area contributed by atoms with Crippen LogP contribution in [-0.4, -0.2) is 36.5 Å². The van der Waals surface area contributed by atoms with Gasteiger partial charge in [0.2, 0.25) is 0 Å². The summed E-state index contributed by atoms with van der Waals surface area (Å²) in [5, 5.41) is 0. The third kappa shape index (κ3) is 2.64. The summed E-state index contributed by atoms with van der Waals surface area (Å²) < 4.78 is 38.7. The fourth-order valence-corrected chi connectivity index (χ4v) is 1.15. The van der Waals surface area contributed by atoms with Gasteiger partial charge in [0.1, 0.15) is 0 Å². The first-order valence-corrected chi connectivity index (χ1v) is 3.87. The van der Waals surface area contributed by atoms with Gasteiger partial charge in [0.25, 0.3) is 0 Å². The van der Waals surface area contributed by atoms with Crippen LogP contribution >= 0.6 is 0 Å². The Hall–Kier alpha value is -0.290. The first kappa shape index (κ1) is 9.80. The molecule has 12 heavy (non-hydrogen) atoms. The van der Waals surface area contributed by atoms with Crippen molar-refractivity contribution in [3.05, 3.63) is 0 Å². The molecule has 0 aromatic heterocycles. The average molecular weight is 183 g/mol. The zero-order valence-electron chi connectivity index (χ0n) is 7.06. The minimum atomic E-state index is -4.48. The Labute approximate surface area is 69.3 Å². The number of halogens is 3. The van der Waals surface area contributed by atoms with Crippen molar-refractivity contribution in [1.82, 2.24) is 4.90 Å². The largest absolute Gasteiger partial charge is 0.522 e. The summed E-state index contributed by atoms with van der Waals surface area (Å²) in [5.74, 6) is 0. The Kier molecular flexibility index (Phi) is 2.63. The van der Waals surface area contributed by atoms with Crippen LogP contribution in [0.15, 0.2) is 0 Å². The number of ether oxygens (including phenoxy) is 1. The van der Waals surface area contributed by atoms with Crippen LogP contribution in [0.5, 0.6) is 0 Å². The fourth-order valence-electron chi connectivity index (χ4n) is 1.15. The van der Waals surface area contributed by atoms with Crippen molar-refractivity contribution in [1.29, 1.82) is 0 Å². The summed E-state index contributed by atoms with van der Waals surface area (Å²) in [4.78, 5) is 1.93. The molecule has 0 spiro atoms. The number of rotatable bonds is 2. The first-order chi connectivity index (χ1) is 5.38. The van der Waals surface area contributed by atoms with Crippen molar-refractivity contribution in [2.75, 3.05) is 13.1 Å². The summed E-state index contributed by atoms with van der Waals surface area (Å²) in [6.07, 6.45) is -5.14. The molecule has 0 atom stereocenters. The molecule has 0 N–H and O–H groups in total. The molecule has 0 bridgehead atoms. The van der Waals surface area contributed by atoms with Gasteiger partial charge in [0.15, 0.2) is 0 Å². The molecule has 1 rings (SSSR count). The zero-order valence-corrected chi connectivity index (χ0v) is 7.06. The van der Waals surface area contributed by atoms with E-state index in [-0.39, 0.29) is 0 Å². The average Bonchev–Trinajstić information content (AvgIpc) is 1.74. The van der Waals surface area contributed by atoms with E-state index in [9.17, 15) is 13.2 Å². The highest BCUT2D eigenvalue weighted by molar-refractivity contribution is 4.82. The maximum absolute atomic E-state index is 11.6. The van der Waals surface area contributed by atoms with E-state index >= 15 is 0 Å². The highest BCUT2D eigenvalue weighted by atomic mass is 19.4. The SMILES string of the molecule is CC(C)N1CC(OC(F)(F)F)C1. The molecule has 0 aromatic carbocycles. The number of hydrogen-bond donors (Lipinski definition) is 0. The molecule has 0 saturated carbocycles. The molecule has 0 aromatic rings. The normalized spacial score (nSPS) is 21.5. The van der Waals surface area contributed by atoms with E-state index in [1.54, 1.807) is 0 Å². The van der Waals surface area contributed by atoms with Gasteiger partial charge in [0.05, 0.1) is 6.10 Å². The zero-order chi connectivity index (χ0) is 9.35. The van der Waals surface area contributed by atoms with E-state index in [1.165, 1.54) is 0 Å². The van der Waals surface area contributed by atoms with Crippen molar-refractivity contribution in [2.24, 2.45) is 0 Å². The Morgan fingerprint density at radius 1 is 1.33 bits per heavy atom. The molecule has 5 heteroatoms. The molecule has 0 amide bonds. The van der Waals surface area contributed by atoms with E-state index < -0.39 is 12.5 Å². The maximum Gasteiger partial charge on any atom is 0.522 e. The quantitative estimate of drug-likeness (QED) is 0.645. The molecule has 1 aliphatic rings. The molecule has 72 valence electrons. The van der Waals surface area contributed by atoms with Gasteiger partial charge in [-0.3, -0.25) is 9.64 Å². The minimum absolute atomic E-state index is 0.304. The van der Waals surface area contributed by atoms with E-state index in [1.807, 2.05) is 18.7 Å². The van der Waals surface area contributed by atoms with Crippen LogP contribution < -0.4 is 0 Å². The smallest absolute Gasteiger partial charge is 0.296 e. The second kappa shape index (κ2) is 3.22. The van der Waals surface area contributed by atoms with Crippen LogP contribution in [0.4, 0.5) is 13.2 Å². The number of alkyl halides is 3. The van der Waals surface area contributed by atoms with Crippen molar-refractivity contribution in [3.8, 4) is 0 Å². The molecule has 1 fully saturated rings. The molecule has 1 saturated heterocycles. The van der Waals surface area contributed by atoms with Crippen LogP contribution in [0.2, 0.25) is 0 Å². The van der Waals surface area contributed by atoms with Gasteiger partial charge in [-0.2, -0.15) is 0 Å².